The van der Waals surface area contributed by atoms with E-state index in [1.54, 1.807) is 33.8 Å². The summed E-state index contributed by atoms with van der Waals surface area (Å²) < 4.78 is 29.8. The molecule has 1 unspecified atom stereocenters. The third-order valence-corrected chi connectivity index (χ3v) is 5.53. The molecule has 1 heterocycles. The predicted molar refractivity (Wildman–Crippen MR) is 149 cm³/mol. The topological polar surface area (TPSA) is 158 Å². The van der Waals surface area contributed by atoms with Gasteiger partial charge in [-0.3, -0.25) is 14.5 Å². The number of aliphatic imine (C=N–C) groups is 2. The van der Waals surface area contributed by atoms with E-state index in [-0.39, 0.29) is 24.6 Å². The Balaban J connectivity index is 3.23. The fourth-order valence-electron chi connectivity index (χ4n) is 3.24. The van der Waals surface area contributed by atoms with Gasteiger partial charge in [-0.05, 0) is 58.9 Å². The summed E-state index contributed by atoms with van der Waals surface area (Å²) in [7, 11) is 4.99. The average Bonchev–Trinajstić information content (AvgIpc) is 3.18. The van der Waals surface area contributed by atoms with E-state index in [4.69, 9.17) is 23.8 Å². The van der Waals surface area contributed by atoms with Gasteiger partial charge in [-0.15, -0.1) is 0 Å². The number of nitrogens with one attached hydrogen (secondary N) is 1. The minimum atomic E-state index is -3.22. The van der Waals surface area contributed by atoms with Gasteiger partial charge in [0.25, 0.3) is 5.92 Å². The van der Waals surface area contributed by atoms with Gasteiger partial charge in [0.2, 0.25) is 11.7 Å². The molecule has 0 bridgehead atoms. The van der Waals surface area contributed by atoms with Crippen molar-refractivity contribution in [3.63, 3.8) is 0 Å². The van der Waals surface area contributed by atoms with E-state index in [0.717, 1.165) is 13.1 Å². The molecule has 1 atom stereocenters. The van der Waals surface area contributed by atoms with Gasteiger partial charge in [0.05, 0.1) is 23.5 Å². The number of aliphatic hydroxyl groups is 3. The van der Waals surface area contributed by atoms with Crippen LogP contribution in [-0.2, 0) is 17.3 Å². The lowest BCUT2D eigenvalue weighted by Crippen LogP contribution is -2.48. The van der Waals surface area contributed by atoms with E-state index < -0.39 is 34.5 Å². The molecule has 6 N–H and O–H groups in total. The van der Waals surface area contributed by atoms with Gasteiger partial charge in [0.1, 0.15) is 11.3 Å². The third-order valence-electron chi connectivity index (χ3n) is 5.53. The number of amides is 1. The van der Waals surface area contributed by atoms with Crippen LogP contribution >= 0.6 is 0 Å². The molecule has 1 amide bonds. The van der Waals surface area contributed by atoms with Gasteiger partial charge >= 0.3 is 0 Å². The first kappa shape index (κ1) is 33.9. The van der Waals surface area contributed by atoms with Crippen LogP contribution in [0.25, 0.3) is 5.57 Å². The quantitative estimate of drug-likeness (QED) is 0.145. The molecule has 0 saturated carbocycles. The van der Waals surface area contributed by atoms with Crippen molar-refractivity contribution in [1.29, 1.82) is 0 Å². The summed E-state index contributed by atoms with van der Waals surface area (Å²) in [4.78, 5) is 20.5. The highest BCUT2D eigenvalue weighted by Gasteiger charge is 2.32. The minimum absolute atomic E-state index is 0.0280. The summed E-state index contributed by atoms with van der Waals surface area (Å²) in [6, 6.07) is 1.26. The van der Waals surface area contributed by atoms with Crippen LogP contribution in [0, 0.1) is 5.92 Å². The summed E-state index contributed by atoms with van der Waals surface area (Å²) in [5, 5.41) is 35.3. The molecule has 1 aromatic heterocycles. The van der Waals surface area contributed by atoms with Crippen LogP contribution < -0.4 is 11.1 Å². The maximum atomic E-state index is 14.2. The first-order chi connectivity index (χ1) is 17.6. The molecule has 1 aromatic rings. The van der Waals surface area contributed by atoms with Crippen LogP contribution in [0.5, 0.6) is 0 Å². The van der Waals surface area contributed by atoms with Crippen molar-refractivity contribution in [3.8, 4) is 0 Å². The Morgan fingerprint density at radius 1 is 1.26 bits per heavy atom. The molecular formula is C26H39BF2N6O4. The molecule has 13 heteroatoms. The molecule has 1 rings (SSSR count). The molecule has 0 aliphatic rings. The van der Waals surface area contributed by atoms with Crippen molar-refractivity contribution in [2.75, 3.05) is 0 Å². The van der Waals surface area contributed by atoms with Crippen LogP contribution in [0.1, 0.15) is 66.3 Å². The van der Waals surface area contributed by atoms with Gasteiger partial charge < -0.3 is 26.4 Å². The van der Waals surface area contributed by atoms with E-state index in [2.05, 4.69) is 27.0 Å². The molecule has 0 fully saturated rings. The summed E-state index contributed by atoms with van der Waals surface area (Å²) in [5.74, 6) is -6.97. The molecule has 0 aliphatic heterocycles. The zero-order valence-corrected chi connectivity index (χ0v) is 23.5. The van der Waals surface area contributed by atoms with E-state index in [0.29, 0.717) is 16.8 Å². The van der Waals surface area contributed by atoms with E-state index in [1.807, 2.05) is 0 Å². The highest BCUT2D eigenvalue weighted by atomic mass is 19.3. The molecule has 0 aromatic carbocycles. The lowest BCUT2D eigenvalue weighted by atomic mass is 9.98. The zero-order valence-electron chi connectivity index (χ0n) is 23.5. The fraction of sp³-hybridized carbons (Fsp3) is 0.538. The number of halogens is 2. The first-order valence-corrected chi connectivity index (χ1v) is 12.2. The SMILES string of the molecule is [B]C(O)(O)/N=C/C(=C\N)CC(C)C(=O)NC(C)(C)Cn1nc(C(C)(F)F)cc1/C(C=NC(=C)C(C)(C)O)=C/C. The number of alkyl halides is 2. The molecular weight excluding hydrogens is 509 g/mol. The second-order valence-corrected chi connectivity index (χ2v) is 10.6. The zero-order chi connectivity index (χ0) is 30.4. The van der Waals surface area contributed by atoms with Crippen molar-refractivity contribution in [2.45, 2.75) is 84.3 Å². The van der Waals surface area contributed by atoms with Crippen LogP contribution in [-0.4, -0.2) is 68.2 Å². The van der Waals surface area contributed by atoms with Gasteiger partial charge in [-0.2, -0.15) is 13.9 Å². The second kappa shape index (κ2) is 12.8. The number of nitrogens with zero attached hydrogens (tertiary/aromatic N) is 4. The van der Waals surface area contributed by atoms with Crippen molar-refractivity contribution >= 4 is 31.8 Å². The smallest absolute Gasteiger partial charge is 0.288 e. The molecule has 39 heavy (non-hydrogen) atoms. The fourth-order valence-corrected chi connectivity index (χ4v) is 3.24. The van der Waals surface area contributed by atoms with Gasteiger partial charge in [0.15, 0.2) is 7.85 Å². The monoisotopic (exact) mass is 548 g/mol. The normalized spacial score (nSPS) is 15.3. The van der Waals surface area contributed by atoms with Gasteiger partial charge in [-0.1, -0.05) is 19.6 Å². The Labute approximate surface area is 229 Å². The van der Waals surface area contributed by atoms with Gasteiger partial charge in [0, 0.05) is 30.8 Å². The van der Waals surface area contributed by atoms with Crippen molar-refractivity contribution in [3.05, 3.63) is 47.6 Å². The lowest BCUT2D eigenvalue weighted by molar-refractivity contribution is -0.126. The average molecular weight is 548 g/mol. The van der Waals surface area contributed by atoms with Crippen LogP contribution in [0.4, 0.5) is 8.78 Å². The number of nitrogens with two attached hydrogens (primary N) is 1. The van der Waals surface area contributed by atoms with E-state index >= 15 is 0 Å². The lowest BCUT2D eigenvalue weighted by Gasteiger charge is -2.29. The number of carbonyl (C=O) groups excluding carboxylic acids is 1. The Morgan fingerprint density at radius 3 is 2.31 bits per heavy atom. The summed E-state index contributed by atoms with van der Waals surface area (Å²) in [6.45, 7) is 14.3. The standard InChI is InChI=1S/C26H39BF2N6O4/c1-9-19(14-31-17(3)24(6,7)37)20-11-21(25(8,28)29)34-35(20)15-23(4,5)33-22(36)16(2)10-18(12-30)13-32-26(27,38)39/h9,11-14,16,37-39H,3,10,15,30H2,1-2,4-8H3,(H,33,36)/b18-12-,19-9+,31-14?,32-13+. The number of carbonyl (C=O) groups is 1. The third kappa shape index (κ3) is 11.2. The number of hydrogen-bond donors (Lipinski definition) is 5. The number of aromatic nitrogens is 2. The predicted octanol–water partition coefficient (Wildman–Crippen LogP) is 2.35. The van der Waals surface area contributed by atoms with Crippen LogP contribution in [0.3, 0.4) is 0 Å². The Bertz CT molecular complexity index is 1150. The highest BCUT2D eigenvalue weighted by molar-refractivity contribution is 6.13. The van der Waals surface area contributed by atoms with Crippen LogP contribution in [0.15, 0.2) is 46.2 Å². The molecule has 0 aliphatic carbocycles. The summed E-state index contributed by atoms with van der Waals surface area (Å²) in [5.41, 5.74) is 4.19. The molecule has 2 radical (unpaired) electrons. The van der Waals surface area contributed by atoms with E-state index in [1.165, 1.54) is 37.0 Å². The van der Waals surface area contributed by atoms with Crippen molar-refractivity contribution in [2.24, 2.45) is 21.6 Å². The Kier molecular flexibility index (Phi) is 11.1. The van der Waals surface area contributed by atoms with E-state index in [9.17, 15) is 18.7 Å². The van der Waals surface area contributed by atoms with Crippen molar-refractivity contribution in [1.82, 2.24) is 15.1 Å². The highest BCUT2D eigenvalue weighted by Crippen LogP contribution is 2.29. The number of allylic oxidation sites excluding steroid dienone is 3. The minimum Gasteiger partial charge on any atom is -0.404 e. The first-order valence-electron chi connectivity index (χ1n) is 12.2. The second-order valence-electron chi connectivity index (χ2n) is 10.6. The molecule has 0 saturated heterocycles. The Hall–Kier alpha value is -3.16. The van der Waals surface area contributed by atoms with Crippen molar-refractivity contribution < 1.29 is 28.9 Å². The number of rotatable bonds is 13. The van der Waals surface area contributed by atoms with Crippen LogP contribution in [0.2, 0.25) is 0 Å². The molecule has 214 valence electrons. The number of hydrogen-bond acceptors (Lipinski definition) is 8. The van der Waals surface area contributed by atoms with Gasteiger partial charge in [-0.25, -0.2) is 4.99 Å². The maximum Gasteiger partial charge on any atom is 0.288 e. The molecule has 0 spiro atoms. The Morgan fingerprint density at radius 2 is 1.85 bits per heavy atom. The molecule has 10 nitrogen and oxygen atoms in total. The summed E-state index contributed by atoms with van der Waals surface area (Å²) in [6.07, 6.45) is 5.41. The maximum absolute atomic E-state index is 14.2. The summed E-state index contributed by atoms with van der Waals surface area (Å²) >= 11 is 0. The largest absolute Gasteiger partial charge is 0.404 e.